The molecule has 172 valence electrons. The summed E-state index contributed by atoms with van der Waals surface area (Å²) in [5.74, 6) is -1.45. The topological polar surface area (TPSA) is 72.9 Å². The molecule has 2 aliphatic carbocycles. The van der Waals surface area contributed by atoms with Crippen molar-refractivity contribution in [2.45, 2.75) is 84.8 Å². The average molecular weight is 450 g/mol. The van der Waals surface area contributed by atoms with Crippen LogP contribution in [0.2, 0.25) is 0 Å². The van der Waals surface area contributed by atoms with Gasteiger partial charge in [-0.3, -0.25) is 0 Å². The van der Waals surface area contributed by atoms with E-state index in [2.05, 4.69) is 13.8 Å². The quantitative estimate of drug-likeness (QED) is 0.607. The molecule has 0 unspecified atom stereocenters. The van der Waals surface area contributed by atoms with Crippen molar-refractivity contribution in [2.24, 2.45) is 16.7 Å². The number of benzene rings is 1. The maximum Gasteiger partial charge on any atom is 0.342 e. The maximum absolute atomic E-state index is 13.7. The molecule has 6 nitrogen and oxygen atoms in total. The van der Waals surface area contributed by atoms with E-state index in [1.807, 2.05) is 58.0 Å². The first kappa shape index (κ1) is 22.7. The highest BCUT2D eigenvalue weighted by Crippen LogP contribution is 2.73. The lowest BCUT2D eigenvalue weighted by molar-refractivity contribution is -0.242. The minimum atomic E-state index is -3.62. The first-order valence-corrected chi connectivity index (χ1v) is 12.9. The van der Waals surface area contributed by atoms with Crippen LogP contribution in [0, 0.1) is 16.7 Å². The fraction of sp³-hybridized carbons (Fsp3) is 0.708. The first-order chi connectivity index (χ1) is 14.4. The Bertz CT molecular complexity index is 949. The number of nitrogens with zero attached hydrogens (tertiary/aromatic N) is 1. The molecule has 1 spiro atoms. The van der Waals surface area contributed by atoms with Crippen LogP contribution in [0.5, 0.6) is 0 Å². The van der Waals surface area contributed by atoms with E-state index in [1.165, 1.54) is 0 Å². The van der Waals surface area contributed by atoms with Crippen LogP contribution in [0.3, 0.4) is 0 Å². The van der Waals surface area contributed by atoms with Crippen molar-refractivity contribution in [3.63, 3.8) is 0 Å². The number of carbonyl (C=O) groups is 1. The summed E-state index contributed by atoms with van der Waals surface area (Å²) in [7, 11) is -3.62. The third-order valence-corrected chi connectivity index (χ3v) is 10.4. The summed E-state index contributed by atoms with van der Waals surface area (Å²) in [4.78, 5) is 13.0. The molecule has 7 heteroatoms. The van der Waals surface area contributed by atoms with Gasteiger partial charge in [-0.2, -0.15) is 4.31 Å². The summed E-state index contributed by atoms with van der Waals surface area (Å²) in [5.41, 5.74) is -0.370. The smallest absolute Gasteiger partial charge is 0.342 e. The number of carbonyl (C=O) groups excluding carboxylic acids is 1. The Kier molecular flexibility index (Phi) is 5.35. The van der Waals surface area contributed by atoms with Crippen LogP contribution in [0.25, 0.3) is 0 Å². The fourth-order valence-corrected chi connectivity index (χ4v) is 9.45. The van der Waals surface area contributed by atoms with Crippen molar-refractivity contribution < 1.29 is 22.7 Å². The summed E-state index contributed by atoms with van der Waals surface area (Å²) < 4.78 is 41.6. The van der Waals surface area contributed by atoms with Crippen molar-refractivity contribution in [1.29, 1.82) is 0 Å². The van der Waals surface area contributed by atoms with Gasteiger partial charge in [-0.25, -0.2) is 13.2 Å². The highest BCUT2D eigenvalue weighted by atomic mass is 32.2. The van der Waals surface area contributed by atoms with Gasteiger partial charge in [-0.05, 0) is 57.4 Å². The monoisotopic (exact) mass is 449 g/mol. The SMILES string of the molecule is CC(C)N(C(C)C)S(=O)(=O)C[C@]12CC[C@H](C[C@]13OC(=O)[C@H](c1ccccc1)O3)C2(C)C. The Balaban J connectivity index is 1.76. The number of fused-ring (bicyclic) bond motifs is 3. The second-order valence-electron chi connectivity index (χ2n) is 10.6. The number of rotatable bonds is 6. The lowest BCUT2D eigenvalue weighted by Crippen LogP contribution is -2.57. The first-order valence-electron chi connectivity index (χ1n) is 11.3. The van der Waals surface area contributed by atoms with Crippen LogP contribution < -0.4 is 0 Å². The lowest BCUT2D eigenvalue weighted by atomic mass is 9.68. The third kappa shape index (κ3) is 3.18. The minimum absolute atomic E-state index is 0.0748. The summed E-state index contributed by atoms with van der Waals surface area (Å²) in [5, 5.41) is 0. The predicted molar refractivity (Wildman–Crippen MR) is 119 cm³/mol. The lowest BCUT2D eigenvalue weighted by Gasteiger charge is -2.47. The number of hydrogen-bond acceptors (Lipinski definition) is 5. The van der Waals surface area contributed by atoms with E-state index in [9.17, 15) is 13.2 Å². The van der Waals surface area contributed by atoms with Crippen LogP contribution >= 0.6 is 0 Å². The van der Waals surface area contributed by atoms with Crippen LogP contribution in [0.1, 0.15) is 72.5 Å². The fourth-order valence-electron chi connectivity index (χ4n) is 6.66. The van der Waals surface area contributed by atoms with E-state index < -0.39 is 33.3 Å². The molecule has 0 N–H and O–H groups in total. The Labute approximate surface area is 186 Å². The molecule has 1 aromatic rings. The van der Waals surface area contributed by atoms with E-state index in [0.717, 1.165) is 12.0 Å². The Morgan fingerprint density at radius 3 is 2.26 bits per heavy atom. The van der Waals surface area contributed by atoms with Crippen LogP contribution in [0.15, 0.2) is 30.3 Å². The molecular formula is C24H35NO5S. The minimum Gasteiger partial charge on any atom is -0.430 e. The predicted octanol–water partition coefficient (Wildman–Crippen LogP) is 4.27. The summed E-state index contributed by atoms with van der Waals surface area (Å²) in [6.07, 6.45) is 1.32. The average Bonchev–Trinajstić information content (AvgIpc) is 3.16. The molecule has 1 aromatic carbocycles. The Morgan fingerprint density at radius 1 is 1.10 bits per heavy atom. The molecule has 4 rings (SSSR count). The molecule has 0 radical (unpaired) electrons. The maximum atomic E-state index is 13.7. The van der Waals surface area contributed by atoms with E-state index in [4.69, 9.17) is 9.47 Å². The van der Waals surface area contributed by atoms with Crippen molar-refractivity contribution in [3.05, 3.63) is 35.9 Å². The van der Waals surface area contributed by atoms with Crippen LogP contribution in [-0.4, -0.2) is 42.3 Å². The van der Waals surface area contributed by atoms with Crippen molar-refractivity contribution in [2.75, 3.05) is 5.75 Å². The van der Waals surface area contributed by atoms with Crippen molar-refractivity contribution in [1.82, 2.24) is 4.31 Å². The molecule has 1 aliphatic heterocycles. The largest absolute Gasteiger partial charge is 0.430 e. The van der Waals surface area contributed by atoms with Crippen molar-refractivity contribution >= 4 is 16.0 Å². The van der Waals surface area contributed by atoms with Gasteiger partial charge in [0.25, 0.3) is 0 Å². The standard InChI is InChI=1S/C24H35NO5S/c1-16(2)25(17(3)4)31(27,28)15-23-13-12-19(22(23,5)6)14-24(23)29-20(21(26)30-24)18-10-8-7-9-11-18/h7-11,16-17,19-20H,12-15H2,1-6H3/t19-,20+,23+,24+/m1/s1. The number of sulfonamides is 1. The Morgan fingerprint density at radius 2 is 1.71 bits per heavy atom. The zero-order chi connectivity index (χ0) is 22.8. The number of esters is 1. The Hall–Kier alpha value is -1.44. The summed E-state index contributed by atoms with van der Waals surface area (Å²) in [6, 6.07) is 9.03. The second kappa shape index (κ2) is 7.29. The molecule has 31 heavy (non-hydrogen) atoms. The van der Waals surface area contributed by atoms with Gasteiger partial charge >= 0.3 is 5.97 Å². The van der Waals surface area contributed by atoms with Gasteiger partial charge in [0.15, 0.2) is 6.10 Å². The molecule has 2 bridgehead atoms. The summed E-state index contributed by atoms with van der Waals surface area (Å²) in [6.45, 7) is 11.9. The number of ether oxygens (including phenoxy) is 2. The molecule has 2 saturated carbocycles. The molecule has 0 aromatic heterocycles. The highest BCUT2D eigenvalue weighted by molar-refractivity contribution is 7.89. The van der Waals surface area contributed by atoms with Gasteiger partial charge in [0.05, 0.1) is 11.2 Å². The van der Waals surface area contributed by atoms with Gasteiger partial charge < -0.3 is 9.47 Å². The number of hydrogen-bond donors (Lipinski definition) is 0. The van der Waals surface area contributed by atoms with E-state index >= 15 is 0 Å². The molecule has 1 heterocycles. The van der Waals surface area contributed by atoms with Gasteiger partial charge in [0.1, 0.15) is 0 Å². The molecule has 3 aliphatic rings. The van der Waals surface area contributed by atoms with E-state index in [-0.39, 0.29) is 29.2 Å². The van der Waals surface area contributed by atoms with Crippen LogP contribution in [0.4, 0.5) is 0 Å². The van der Waals surface area contributed by atoms with E-state index in [1.54, 1.807) is 4.31 Å². The molecular weight excluding hydrogens is 414 g/mol. The molecule has 0 amide bonds. The second-order valence-corrected chi connectivity index (χ2v) is 12.5. The summed E-state index contributed by atoms with van der Waals surface area (Å²) >= 11 is 0. The van der Waals surface area contributed by atoms with E-state index in [0.29, 0.717) is 12.8 Å². The van der Waals surface area contributed by atoms with Gasteiger partial charge in [0, 0.05) is 18.5 Å². The zero-order valence-corrected chi connectivity index (χ0v) is 20.2. The highest BCUT2D eigenvalue weighted by Gasteiger charge is 2.77. The molecule has 3 fully saturated rings. The normalized spacial score (nSPS) is 34.4. The van der Waals surface area contributed by atoms with Gasteiger partial charge in [0.2, 0.25) is 15.8 Å². The third-order valence-electron chi connectivity index (χ3n) is 8.08. The molecule has 1 saturated heterocycles. The van der Waals surface area contributed by atoms with Gasteiger partial charge in [-0.1, -0.05) is 44.2 Å². The van der Waals surface area contributed by atoms with Crippen molar-refractivity contribution in [3.8, 4) is 0 Å². The molecule has 4 atom stereocenters. The zero-order valence-electron chi connectivity index (χ0n) is 19.4. The van der Waals surface area contributed by atoms with Crippen LogP contribution in [-0.2, 0) is 24.3 Å². The van der Waals surface area contributed by atoms with Gasteiger partial charge in [-0.15, -0.1) is 0 Å².